The summed E-state index contributed by atoms with van der Waals surface area (Å²) in [5, 5.41) is 2.94. The van der Waals surface area contributed by atoms with Gasteiger partial charge in [0.05, 0.1) is 14.2 Å². The molecule has 0 radical (unpaired) electrons. The molecular formula is C24H31NO5. The highest BCUT2D eigenvalue weighted by atomic mass is 16.5. The summed E-state index contributed by atoms with van der Waals surface area (Å²) in [6.45, 7) is 6.60. The van der Waals surface area contributed by atoms with E-state index in [1.807, 2.05) is 24.3 Å². The fourth-order valence-corrected chi connectivity index (χ4v) is 3.28. The molecule has 0 saturated heterocycles. The lowest BCUT2D eigenvalue weighted by Crippen LogP contribution is -2.26. The third-order valence-corrected chi connectivity index (χ3v) is 5.18. The maximum Gasteiger partial charge on any atom is 0.228 e. The van der Waals surface area contributed by atoms with Crippen LogP contribution in [0.2, 0.25) is 0 Å². The molecule has 162 valence electrons. The normalized spacial score (nSPS) is 14.5. The van der Waals surface area contributed by atoms with Gasteiger partial charge >= 0.3 is 0 Å². The molecule has 0 unspecified atom stereocenters. The van der Waals surface area contributed by atoms with Gasteiger partial charge in [0.1, 0.15) is 0 Å². The van der Waals surface area contributed by atoms with Crippen molar-refractivity contribution in [3.05, 3.63) is 58.1 Å². The van der Waals surface area contributed by atoms with Crippen molar-refractivity contribution in [2.45, 2.75) is 46.5 Å². The first-order chi connectivity index (χ1) is 14.3. The molecule has 2 rings (SSSR count). The van der Waals surface area contributed by atoms with Crippen LogP contribution in [0.4, 0.5) is 0 Å². The van der Waals surface area contributed by atoms with Gasteiger partial charge in [0.2, 0.25) is 29.0 Å². The van der Waals surface area contributed by atoms with Crippen LogP contribution in [0, 0.1) is 5.92 Å². The van der Waals surface area contributed by atoms with E-state index in [2.05, 4.69) is 19.2 Å². The molecule has 0 aliphatic heterocycles. The first-order valence-corrected chi connectivity index (χ1v) is 10.2. The van der Waals surface area contributed by atoms with E-state index in [1.54, 1.807) is 6.92 Å². The summed E-state index contributed by atoms with van der Waals surface area (Å²) in [5.74, 6) is -0.134. The number of nitrogens with one attached hydrogen (secondary N) is 1. The van der Waals surface area contributed by atoms with Crippen LogP contribution in [-0.4, -0.2) is 38.2 Å². The topological polar surface area (TPSA) is 81.7 Å². The third kappa shape index (κ3) is 5.81. The molecule has 6 heteroatoms. The van der Waals surface area contributed by atoms with Gasteiger partial charge in [-0.3, -0.25) is 14.4 Å². The van der Waals surface area contributed by atoms with Crippen LogP contribution in [0.15, 0.2) is 46.9 Å². The molecule has 6 nitrogen and oxygen atoms in total. The molecule has 0 spiro atoms. The van der Waals surface area contributed by atoms with Crippen LogP contribution in [-0.2, 0) is 36.7 Å². The van der Waals surface area contributed by atoms with Crippen LogP contribution < -0.4 is 5.32 Å². The van der Waals surface area contributed by atoms with E-state index in [0.717, 1.165) is 17.5 Å². The maximum absolute atomic E-state index is 12.7. The minimum atomic E-state index is -0.330. The standard InChI is InChI=1S/C24H31NO5/c1-15(2)12-13-25-20(26)11-10-17-6-8-18(9-7-17)14-19-16(3)21(27)23(29-4)24(30-5)22(19)28/h6-9,15H,10-14H2,1-5H3,(H,25,26). The van der Waals surface area contributed by atoms with Gasteiger partial charge in [0.25, 0.3) is 0 Å². The Hall–Kier alpha value is -2.89. The Morgan fingerprint density at radius 3 is 2.10 bits per heavy atom. The monoisotopic (exact) mass is 413 g/mol. The van der Waals surface area contributed by atoms with Crippen molar-refractivity contribution in [3.63, 3.8) is 0 Å². The molecule has 1 N–H and O–H groups in total. The summed E-state index contributed by atoms with van der Waals surface area (Å²) in [6.07, 6.45) is 2.40. The second-order valence-electron chi connectivity index (χ2n) is 7.85. The number of hydrogen-bond donors (Lipinski definition) is 1. The van der Waals surface area contributed by atoms with Gasteiger partial charge < -0.3 is 14.8 Å². The number of methoxy groups -OCH3 is 2. The van der Waals surface area contributed by atoms with Gasteiger partial charge in [-0.15, -0.1) is 0 Å². The number of carbonyl (C=O) groups is 3. The summed E-state index contributed by atoms with van der Waals surface area (Å²) >= 11 is 0. The second-order valence-corrected chi connectivity index (χ2v) is 7.85. The quantitative estimate of drug-likeness (QED) is 0.595. The lowest BCUT2D eigenvalue weighted by Gasteiger charge is -2.20. The van der Waals surface area contributed by atoms with Crippen molar-refractivity contribution in [3.8, 4) is 0 Å². The van der Waals surface area contributed by atoms with Crippen LogP contribution in [0.5, 0.6) is 0 Å². The third-order valence-electron chi connectivity index (χ3n) is 5.18. The smallest absolute Gasteiger partial charge is 0.228 e. The van der Waals surface area contributed by atoms with Gasteiger partial charge in [-0.25, -0.2) is 0 Å². The van der Waals surface area contributed by atoms with Gasteiger partial charge in [0, 0.05) is 30.5 Å². The molecule has 1 aromatic rings. The molecule has 0 atom stereocenters. The Labute approximate surface area is 178 Å². The molecule has 1 aromatic carbocycles. The molecule has 0 bridgehead atoms. The van der Waals surface area contributed by atoms with Crippen molar-refractivity contribution < 1.29 is 23.9 Å². The van der Waals surface area contributed by atoms with Crippen molar-refractivity contribution in [1.82, 2.24) is 5.32 Å². The van der Waals surface area contributed by atoms with Crippen LogP contribution in [0.1, 0.15) is 44.7 Å². The number of benzene rings is 1. The fraction of sp³-hybridized carbons (Fsp3) is 0.458. The SMILES string of the molecule is COC1=C(OC)C(=O)C(Cc2ccc(CCC(=O)NCCC(C)C)cc2)=C(C)C1=O. The maximum atomic E-state index is 12.7. The Bertz CT molecular complexity index is 862. The molecule has 1 amide bonds. The summed E-state index contributed by atoms with van der Waals surface area (Å²) in [7, 11) is 2.70. The van der Waals surface area contributed by atoms with Gasteiger partial charge in [-0.2, -0.15) is 0 Å². The minimum absolute atomic E-state index is 0.0502. The molecule has 1 aliphatic rings. The van der Waals surface area contributed by atoms with E-state index in [-0.39, 0.29) is 29.0 Å². The molecule has 0 heterocycles. The number of ether oxygens (including phenoxy) is 2. The minimum Gasteiger partial charge on any atom is -0.489 e. The Morgan fingerprint density at radius 1 is 0.967 bits per heavy atom. The zero-order chi connectivity index (χ0) is 22.3. The number of aryl methyl sites for hydroxylation is 1. The van der Waals surface area contributed by atoms with Crippen LogP contribution in [0.3, 0.4) is 0 Å². The van der Waals surface area contributed by atoms with E-state index < -0.39 is 0 Å². The number of Topliss-reactive ketones (excluding diaryl/α,β-unsaturated/α-hetero) is 2. The highest BCUT2D eigenvalue weighted by molar-refractivity contribution is 6.23. The van der Waals surface area contributed by atoms with Crippen LogP contribution in [0.25, 0.3) is 0 Å². The summed E-state index contributed by atoms with van der Waals surface area (Å²) in [6, 6.07) is 7.75. The predicted molar refractivity (Wildman–Crippen MR) is 115 cm³/mol. The Morgan fingerprint density at radius 2 is 1.53 bits per heavy atom. The first kappa shape index (κ1) is 23.4. The number of ketones is 2. The Kier molecular flexibility index (Phi) is 8.39. The van der Waals surface area contributed by atoms with E-state index in [4.69, 9.17) is 9.47 Å². The number of allylic oxidation sites excluding steroid dienone is 2. The van der Waals surface area contributed by atoms with Crippen molar-refractivity contribution in [2.75, 3.05) is 20.8 Å². The highest BCUT2D eigenvalue weighted by Crippen LogP contribution is 2.28. The highest BCUT2D eigenvalue weighted by Gasteiger charge is 2.34. The van der Waals surface area contributed by atoms with Crippen LogP contribution >= 0.6 is 0 Å². The van der Waals surface area contributed by atoms with E-state index in [1.165, 1.54) is 14.2 Å². The lowest BCUT2D eigenvalue weighted by atomic mass is 9.88. The average Bonchev–Trinajstić information content (AvgIpc) is 2.72. The number of rotatable bonds is 10. The molecule has 0 fully saturated rings. The number of carbonyl (C=O) groups excluding carboxylic acids is 3. The zero-order valence-electron chi connectivity index (χ0n) is 18.5. The average molecular weight is 414 g/mol. The summed E-state index contributed by atoms with van der Waals surface area (Å²) in [4.78, 5) is 37.1. The summed E-state index contributed by atoms with van der Waals surface area (Å²) < 4.78 is 10.2. The van der Waals surface area contributed by atoms with Crippen molar-refractivity contribution in [1.29, 1.82) is 0 Å². The molecule has 30 heavy (non-hydrogen) atoms. The fourth-order valence-electron chi connectivity index (χ4n) is 3.28. The number of hydrogen-bond acceptors (Lipinski definition) is 5. The predicted octanol–water partition coefficient (Wildman–Crippen LogP) is 3.30. The molecular weight excluding hydrogens is 382 g/mol. The van der Waals surface area contributed by atoms with E-state index in [9.17, 15) is 14.4 Å². The van der Waals surface area contributed by atoms with E-state index in [0.29, 0.717) is 42.9 Å². The second kappa shape index (κ2) is 10.8. The zero-order valence-corrected chi connectivity index (χ0v) is 18.5. The van der Waals surface area contributed by atoms with E-state index >= 15 is 0 Å². The largest absolute Gasteiger partial charge is 0.489 e. The summed E-state index contributed by atoms with van der Waals surface area (Å²) in [5.41, 5.74) is 2.75. The van der Waals surface area contributed by atoms with Gasteiger partial charge in [0.15, 0.2) is 0 Å². The molecule has 0 saturated carbocycles. The number of amides is 1. The van der Waals surface area contributed by atoms with Crippen molar-refractivity contribution >= 4 is 17.5 Å². The lowest BCUT2D eigenvalue weighted by molar-refractivity contribution is -0.121. The van der Waals surface area contributed by atoms with Gasteiger partial charge in [-0.05, 0) is 36.8 Å². The molecule has 0 aromatic heterocycles. The Balaban J connectivity index is 1.99. The van der Waals surface area contributed by atoms with Crippen molar-refractivity contribution in [2.24, 2.45) is 5.92 Å². The molecule has 1 aliphatic carbocycles. The van der Waals surface area contributed by atoms with Gasteiger partial charge in [-0.1, -0.05) is 38.1 Å². The first-order valence-electron chi connectivity index (χ1n) is 10.2.